The van der Waals surface area contributed by atoms with Gasteiger partial charge < -0.3 is 18.3 Å². The van der Waals surface area contributed by atoms with Crippen LogP contribution in [0.4, 0.5) is 0 Å². The first kappa shape index (κ1) is 46.6. The second kappa shape index (κ2) is 18.1. The van der Waals surface area contributed by atoms with Gasteiger partial charge >= 0.3 is 0 Å². The SMILES string of the molecule is Cc1ccc(-n2c3ccc(-c4ccc5c(c4)c4cnccc4n5-c4ccccc4)cc3c3cc(-c4nccnc4-c4ccc5c(c4)c4cc(-c6ccc7c(c6)c6cnccc6n7-c6ccccc6)ccc4n5-c4ccc(C)s4)ccc32)s1. The second-order valence-corrected chi connectivity index (χ2v) is 23.7. The average Bonchev–Trinajstić information content (AvgIpc) is 4.58. The highest BCUT2D eigenvalue weighted by atomic mass is 32.1. The van der Waals surface area contributed by atoms with E-state index in [-0.39, 0.29) is 0 Å². The maximum atomic E-state index is 5.16. The van der Waals surface area contributed by atoms with Crippen molar-refractivity contribution in [3.8, 4) is 66.1 Å². The molecule has 9 aromatic heterocycles. The van der Waals surface area contributed by atoms with E-state index in [1.165, 1.54) is 41.3 Å². The topological polar surface area (TPSA) is 71.3 Å². The minimum Gasteiger partial charge on any atom is -0.309 e. The third-order valence-electron chi connectivity index (χ3n) is 16.5. The first-order chi connectivity index (χ1) is 40.5. The van der Waals surface area contributed by atoms with Gasteiger partial charge in [-0.1, -0.05) is 72.8 Å². The van der Waals surface area contributed by atoms with Gasteiger partial charge in [-0.25, -0.2) is 0 Å². The van der Waals surface area contributed by atoms with Gasteiger partial charge in [0.25, 0.3) is 0 Å². The zero-order valence-corrected chi connectivity index (χ0v) is 46.1. The van der Waals surface area contributed by atoms with Crippen molar-refractivity contribution >= 4 is 110 Å². The molecule has 0 atom stereocenters. The zero-order chi connectivity index (χ0) is 54.2. The van der Waals surface area contributed by atoms with Crippen molar-refractivity contribution in [3.63, 3.8) is 0 Å². The Morgan fingerprint density at radius 3 is 0.951 bits per heavy atom. The van der Waals surface area contributed by atoms with Gasteiger partial charge in [-0.15, -0.1) is 22.7 Å². The minimum atomic E-state index is 0.831. The number of fused-ring (bicyclic) bond motifs is 12. The Kier molecular flexibility index (Phi) is 10.3. The minimum absolute atomic E-state index is 0.831. The molecule has 8 nitrogen and oxygen atoms in total. The summed E-state index contributed by atoms with van der Waals surface area (Å²) in [7, 11) is 0. The van der Waals surface area contributed by atoms with E-state index >= 15 is 0 Å². The lowest BCUT2D eigenvalue weighted by atomic mass is 9.98. The van der Waals surface area contributed by atoms with Gasteiger partial charge in [0.1, 0.15) is 10.0 Å². The Labute approximate surface area is 478 Å². The van der Waals surface area contributed by atoms with Crippen molar-refractivity contribution in [2.75, 3.05) is 0 Å². The Balaban J connectivity index is 0.814. The van der Waals surface area contributed by atoms with Gasteiger partial charge in [0, 0.05) is 113 Å². The molecule has 0 aliphatic rings. The molecule has 0 unspecified atom stereocenters. The zero-order valence-electron chi connectivity index (χ0n) is 44.5. The molecule has 17 rings (SSSR count). The number of thiophene rings is 2. The molecule has 0 saturated heterocycles. The van der Waals surface area contributed by atoms with E-state index in [0.29, 0.717) is 0 Å². The lowest BCUT2D eigenvalue weighted by Gasteiger charge is -2.10. The molecule has 0 fully saturated rings. The van der Waals surface area contributed by atoms with E-state index in [1.807, 2.05) is 59.9 Å². The fraction of sp³-hybridized carbons (Fsp3) is 0.0278. The van der Waals surface area contributed by atoms with Gasteiger partial charge in [0.2, 0.25) is 0 Å². The van der Waals surface area contributed by atoms with Crippen molar-refractivity contribution in [2.45, 2.75) is 13.8 Å². The molecule has 82 heavy (non-hydrogen) atoms. The maximum Gasteiger partial charge on any atom is 0.100 e. The smallest absolute Gasteiger partial charge is 0.100 e. The lowest BCUT2D eigenvalue weighted by Crippen LogP contribution is -1.94. The van der Waals surface area contributed by atoms with E-state index in [1.54, 1.807) is 0 Å². The first-order valence-electron chi connectivity index (χ1n) is 27.5. The van der Waals surface area contributed by atoms with Crippen LogP contribution in [0.1, 0.15) is 9.75 Å². The summed E-state index contributed by atoms with van der Waals surface area (Å²) in [6.07, 6.45) is 11.4. The van der Waals surface area contributed by atoms with Crippen LogP contribution >= 0.6 is 22.7 Å². The molecule has 0 radical (unpaired) electrons. The monoisotopic (exact) mass is 1090 g/mol. The fourth-order valence-electron chi connectivity index (χ4n) is 12.8. The Hall–Kier alpha value is -10.3. The third-order valence-corrected chi connectivity index (χ3v) is 18.5. The van der Waals surface area contributed by atoms with Crippen molar-refractivity contribution in [3.05, 3.63) is 253 Å². The fourth-order valence-corrected chi connectivity index (χ4v) is 14.6. The van der Waals surface area contributed by atoms with Crippen molar-refractivity contribution < 1.29 is 0 Å². The largest absolute Gasteiger partial charge is 0.309 e. The van der Waals surface area contributed by atoms with E-state index in [2.05, 4.69) is 248 Å². The highest BCUT2D eigenvalue weighted by molar-refractivity contribution is 7.14. The Morgan fingerprint density at radius 1 is 0.280 bits per heavy atom. The van der Waals surface area contributed by atoms with Gasteiger partial charge in [-0.05, 0) is 170 Å². The van der Waals surface area contributed by atoms with Crippen LogP contribution < -0.4 is 0 Å². The summed E-state index contributed by atoms with van der Waals surface area (Å²) in [4.78, 5) is 22.0. The van der Waals surface area contributed by atoms with Crippen LogP contribution in [0.3, 0.4) is 0 Å². The van der Waals surface area contributed by atoms with Crippen molar-refractivity contribution in [1.29, 1.82) is 0 Å². The first-order valence-corrected chi connectivity index (χ1v) is 29.1. The summed E-state index contributed by atoms with van der Waals surface area (Å²) in [5.74, 6) is 0. The molecule has 9 heterocycles. The predicted octanol–water partition coefficient (Wildman–Crippen LogP) is 19.1. The van der Waals surface area contributed by atoms with Gasteiger partial charge in [-0.2, -0.15) is 0 Å². The quantitative estimate of drug-likeness (QED) is 0.152. The molecule has 10 heteroatoms. The summed E-state index contributed by atoms with van der Waals surface area (Å²) in [5.41, 5.74) is 19.7. The number of aryl methyl sites for hydroxylation is 2. The molecule has 0 spiro atoms. The molecule has 17 aromatic rings. The van der Waals surface area contributed by atoms with E-state index in [4.69, 9.17) is 9.97 Å². The molecule has 0 aliphatic heterocycles. The van der Waals surface area contributed by atoms with E-state index in [0.717, 1.165) is 122 Å². The van der Waals surface area contributed by atoms with Gasteiger partial charge in [0.05, 0.1) is 55.5 Å². The molecule has 386 valence electrons. The molecule has 0 amide bonds. The van der Waals surface area contributed by atoms with Crippen molar-refractivity contribution in [2.24, 2.45) is 0 Å². The number of aromatic nitrogens is 8. The number of para-hydroxylation sites is 2. The molecular weight excluding hydrogens is 1040 g/mol. The highest BCUT2D eigenvalue weighted by Crippen LogP contribution is 2.44. The second-order valence-electron chi connectivity index (χ2n) is 21.2. The van der Waals surface area contributed by atoms with Crippen LogP contribution in [0.25, 0.3) is 153 Å². The molecular formula is C72H46N8S2. The summed E-state index contributed by atoms with van der Waals surface area (Å²) >= 11 is 3.62. The van der Waals surface area contributed by atoms with Crippen LogP contribution in [0, 0.1) is 13.8 Å². The maximum absolute atomic E-state index is 5.16. The summed E-state index contributed by atoms with van der Waals surface area (Å²) in [6.45, 7) is 4.35. The highest BCUT2D eigenvalue weighted by Gasteiger charge is 2.22. The molecule has 8 aromatic carbocycles. The van der Waals surface area contributed by atoms with Crippen LogP contribution in [-0.4, -0.2) is 38.2 Å². The van der Waals surface area contributed by atoms with Crippen LogP contribution in [0.5, 0.6) is 0 Å². The number of benzene rings is 8. The lowest BCUT2D eigenvalue weighted by molar-refractivity contribution is 1.17. The van der Waals surface area contributed by atoms with E-state index < -0.39 is 0 Å². The number of pyridine rings is 2. The summed E-state index contributed by atoms with van der Waals surface area (Å²) in [6, 6.07) is 75.5. The molecule has 0 saturated carbocycles. The Bertz CT molecular complexity index is 5100. The van der Waals surface area contributed by atoms with Gasteiger partial charge in [0.15, 0.2) is 0 Å². The summed E-state index contributed by atoms with van der Waals surface area (Å²) < 4.78 is 9.51. The molecule has 0 N–H and O–H groups in total. The number of nitrogens with zero attached hydrogens (tertiary/aromatic N) is 8. The van der Waals surface area contributed by atoms with Crippen LogP contribution in [0.2, 0.25) is 0 Å². The van der Waals surface area contributed by atoms with Gasteiger partial charge in [-0.3, -0.25) is 19.9 Å². The molecule has 0 bridgehead atoms. The van der Waals surface area contributed by atoms with Crippen molar-refractivity contribution in [1.82, 2.24) is 38.2 Å². The standard InChI is InChI=1S/C72H46N8S2/c1-43-13-27-69(81-43)79-63-23-17-45(47-15-21-61-57(37-47)59-41-73-31-29-67(59)77(61)51-9-5-3-6-10-51)35-53(63)55-39-49(19-25-65(55)79)71-72(76-34-33-75-71)50-20-26-66-56(40-50)54-36-46(18-24-64(54)80(66)70-28-14-44(2)82-70)48-16-22-62-58(38-48)60-42-74-32-30-68(60)78(62)52-11-7-4-8-12-52/h3-42H,1-2H3. The van der Waals surface area contributed by atoms with Crippen LogP contribution in [0.15, 0.2) is 243 Å². The average molecular weight is 1090 g/mol. The van der Waals surface area contributed by atoms with Crippen LogP contribution in [-0.2, 0) is 0 Å². The normalized spacial score (nSPS) is 12.0. The molecule has 0 aliphatic carbocycles. The van der Waals surface area contributed by atoms with E-state index in [9.17, 15) is 0 Å². The number of rotatable bonds is 8. The Morgan fingerprint density at radius 2 is 0.598 bits per heavy atom. The third kappa shape index (κ3) is 7.15. The predicted molar refractivity (Wildman–Crippen MR) is 342 cm³/mol. The summed E-state index contributed by atoms with van der Waals surface area (Å²) in [5, 5.41) is 11.6. The number of hydrogen-bond acceptors (Lipinski definition) is 6. The number of hydrogen-bond donors (Lipinski definition) is 0.